The molecule has 2 aromatic rings. The molecule has 1 amide bonds. The van der Waals surface area contributed by atoms with E-state index in [0.717, 1.165) is 24.3 Å². The fraction of sp³-hybridized carbons (Fsp3) is 0.316. The van der Waals surface area contributed by atoms with Gasteiger partial charge < -0.3 is 15.4 Å². The Labute approximate surface area is 157 Å². The van der Waals surface area contributed by atoms with Gasteiger partial charge in [0.25, 0.3) is 0 Å². The van der Waals surface area contributed by atoms with Gasteiger partial charge in [-0.2, -0.15) is 13.2 Å². The van der Waals surface area contributed by atoms with E-state index in [2.05, 4.69) is 10.6 Å². The first-order valence-corrected chi connectivity index (χ1v) is 8.52. The van der Waals surface area contributed by atoms with Crippen LogP contribution < -0.4 is 10.6 Å². The van der Waals surface area contributed by atoms with Crippen molar-refractivity contribution in [2.75, 3.05) is 18.5 Å². The Morgan fingerprint density at radius 1 is 1.14 bits per heavy atom. The summed E-state index contributed by atoms with van der Waals surface area (Å²) in [6.45, 7) is 0.749. The van der Waals surface area contributed by atoms with Crippen LogP contribution in [0.15, 0.2) is 36.4 Å². The number of carbonyl (C=O) groups excluding carboxylic acids is 1. The Kier molecular flexibility index (Phi) is 5.83. The number of hydrogen-bond acceptors (Lipinski definition) is 3. The monoisotopic (exact) mass is 400 g/mol. The van der Waals surface area contributed by atoms with Crippen molar-refractivity contribution in [1.82, 2.24) is 5.32 Å². The van der Waals surface area contributed by atoms with Crippen molar-refractivity contribution in [3.8, 4) is 0 Å². The number of benzene rings is 2. The number of alkyl halides is 3. The van der Waals surface area contributed by atoms with Gasteiger partial charge in [0.05, 0.1) is 23.8 Å². The third kappa shape index (κ3) is 4.59. The number of hydrogen-bond donors (Lipinski definition) is 2. The van der Waals surface area contributed by atoms with Gasteiger partial charge in [-0.15, -0.1) is 0 Å². The highest BCUT2D eigenvalue weighted by Crippen LogP contribution is 2.37. The molecular weight excluding hydrogens is 383 g/mol. The quantitative estimate of drug-likeness (QED) is 0.733. The summed E-state index contributed by atoms with van der Waals surface area (Å²) in [5.41, 5.74) is -1.87. The van der Waals surface area contributed by atoms with Crippen molar-refractivity contribution in [3.63, 3.8) is 0 Å². The largest absolute Gasteiger partial charge is 0.418 e. The fourth-order valence-corrected chi connectivity index (χ4v) is 2.87. The lowest BCUT2D eigenvalue weighted by molar-refractivity contribution is -0.137. The summed E-state index contributed by atoms with van der Waals surface area (Å²) in [4.78, 5) is 11.9. The van der Waals surface area contributed by atoms with Crippen molar-refractivity contribution in [2.24, 2.45) is 5.92 Å². The van der Waals surface area contributed by atoms with E-state index in [1.807, 2.05) is 0 Å². The van der Waals surface area contributed by atoms with Crippen molar-refractivity contribution < 1.29 is 31.5 Å². The standard InChI is InChI=1S/C19H17F5N2O2/c20-15-3-1-2-14(19(22,23)24)17(15)26-13-5-4-11(16(21)8-13)9-25-18(27)12-6-7-28-10-12/h1-5,8,12,26H,6-7,9-10H2,(H,25,27)/t12-/m1/s1. The molecule has 1 aliphatic rings. The van der Waals surface area contributed by atoms with Crippen molar-refractivity contribution >= 4 is 17.3 Å². The molecule has 0 spiro atoms. The smallest absolute Gasteiger partial charge is 0.381 e. The van der Waals surface area contributed by atoms with Gasteiger partial charge in [0.15, 0.2) is 0 Å². The molecule has 9 heteroatoms. The number of carbonyl (C=O) groups is 1. The van der Waals surface area contributed by atoms with E-state index in [9.17, 15) is 26.7 Å². The van der Waals surface area contributed by atoms with Crippen molar-refractivity contribution in [2.45, 2.75) is 19.1 Å². The van der Waals surface area contributed by atoms with Crippen LogP contribution in [0.25, 0.3) is 0 Å². The molecule has 0 bridgehead atoms. The number of ether oxygens (including phenoxy) is 1. The van der Waals surface area contributed by atoms with E-state index in [4.69, 9.17) is 4.74 Å². The minimum Gasteiger partial charge on any atom is -0.381 e. The van der Waals surface area contributed by atoms with E-state index in [1.165, 1.54) is 12.1 Å². The van der Waals surface area contributed by atoms with Crippen LogP contribution in [0.4, 0.5) is 33.3 Å². The van der Waals surface area contributed by atoms with E-state index >= 15 is 0 Å². The van der Waals surface area contributed by atoms with Crippen LogP contribution >= 0.6 is 0 Å². The molecule has 150 valence electrons. The van der Waals surface area contributed by atoms with Crippen LogP contribution in [0.5, 0.6) is 0 Å². The van der Waals surface area contributed by atoms with Crippen LogP contribution in [0.1, 0.15) is 17.5 Å². The highest BCUT2D eigenvalue weighted by atomic mass is 19.4. The Hall–Kier alpha value is -2.68. The van der Waals surface area contributed by atoms with Crippen molar-refractivity contribution in [3.05, 3.63) is 59.2 Å². The van der Waals surface area contributed by atoms with Gasteiger partial charge in [-0.3, -0.25) is 4.79 Å². The highest BCUT2D eigenvalue weighted by molar-refractivity contribution is 5.79. The second kappa shape index (κ2) is 8.14. The average molecular weight is 400 g/mol. The fourth-order valence-electron chi connectivity index (χ4n) is 2.87. The zero-order chi connectivity index (χ0) is 20.3. The molecule has 1 heterocycles. The number of para-hydroxylation sites is 1. The second-order valence-corrected chi connectivity index (χ2v) is 6.37. The molecule has 3 rings (SSSR count). The van der Waals surface area contributed by atoms with E-state index < -0.39 is 29.1 Å². The first-order valence-electron chi connectivity index (χ1n) is 8.52. The Balaban J connectivity index is 1.72. The second-order valence-electron chi connectivity index (χ2n) is 6.37. The SMILES string of the molecule is O=C(NCc1ccc(Nc2c(F)cccc2C(F)(F)F)cc1F)[C@@H]1CCOC1. The molecule has 1 fully saturated rings. The molecular formula is C19H17F5N2O2. The average Bonchev–Trinajstić information content (AvgIpc) is 3.16. The maximum atomic E-state index is 14.3. The lowest BCUT2D eigenvalue weighted by Crippen LogP contribution is -2.30. The van der Waals surface area contributed by atoms with Crippen LogP contribution in [0, 0.1) is 17.6 Å². The zero-order valence-electron chi connectivity index (χ0n) is 14.6. The minimum absolute atomic E-state index is 0.0487. The lowest BCUT2D eigenvalue weighted by Gasteiger charge is -2.16. The normalized spacial score (nSPS) is 16.8. The van der Waals surface area contributed by atoms with Gasteiger partial charge in [-0.05, 0) is 30.7 Å². The van der Waals surface area contributed by atoms with Crippen LogP contribution in [-0.4, -0.2) is 19.1 Å². The maximum Gasteiger partial charge on any atom is 0.418 e. The summed E-state index contributed by atoms with van der Waals surface area (Å²) in [5, 5.41) is 4.89. The van der Waals surface area contributed by atoms with Crippen molar-refractivity contribution in [1.29, 1.82) is 0 Å². The van der Waals surface area contributed by atoms with Crippen LogP contribution in [0.2, 0.25) is 0 Å². The molecule has 0 saturated carbocycles. The van der Waals surface area contributed by atoms with Gasteiger partial charge in [0.2, 0.25) is 5.91 Å². The van der Waals surface area contributed by atoms with Gasteiger partial charge >= 0.3 is 6.18 Å². The van der Waals surface area contributed by atoms with E-state index in [0.29, 0.717) is 19.6 Å². The molecule has 2 N–H and O–H groups in total. The minimum atomic E-state index is -4.77. The predicted molar refractivity (Wildman–Crippen MR) is 91.9 cm³/mol. The first-order chi connectivity index (χ1) is 13.3. The molecule has 28 heavy (non-hydrogen) atoms. The molecule has 2 aromatic carbocycles. The summed E-state index contributed by atoms with van der Waals surface area (Å²) >= 11 is 0. The summed E-state index contributed by atoms with van der Waals surface area (Å²) < 4.78 is 72.4. The molecule has 0 radical (unpaired) electrons. The van der Waals surface area contributed by atoms with E-state index in [1.54, 1.807) is 0 Å². The van der Waals surface area contributed by atoms with E-state index in [-0.39, 0.29) is 29.6 Å². The molecule has 4 nitrogen and oxygen atoms in total. The maximum absolute atomic E-state index is 14.3. The number of anilines is 2. The van der Waals surface area contributed by atoms with Gasteiger partial charge in [0.1, 0.15) is 11.6 Å². The first kappa shape index (κ1) is 20.1. The molecule has 1 aliphatic heterocycles. The predicted octanol–water partition coefficient (Wildman–Crippen LogP) is 4.38. The molecule has 0 aromatic heterocycles. The molecule has 1 atom stereocenters. The lowest BCUT2D eigenvalue weighted by atomic mass is 10.1. The third-order valence-corrected chi connectivity index (χ3v) is 4.39. The molecule has 0 unspecified atom stereocenters. The number of rotatable bonds is 5. The van der Waals surface area contributed by atoms with Crippen LogP contribution in [0.3, 0.4) is 0 Å². The third-order valence-electron chi connectivity index (χ3n) is 4.39. The van der Waals surface area contributed by atoms with Crippen LogP contribution in [-0.2, 0) is 22.3 Å². The zero-order valence-corrected chi connectivity index (χ0v) is 14.6. The Morgan fingerprint density at radius 2 is 1.93 bits per heavy atom. The highest BCUT2D eigenvalue weighted by Gasteiger charge is 2.34. The summed E-state index contributed by atoms with van der Waals surface area (Å²) in [5.74, 6) is -2.37. The topological polar surface area (TPSA) is 50.4 Å². The molecule has 1 saturated heterocycles. The Morgan fingerprint density at radius 3 is 2.57 bits per heavy atom. The number of amides is 1. The number of nitrogens with one attached hydrogen (secondary N) is 2. The van der Waals surface area contributed by atoms with Gasteiger partial charge in [-0.25, -0.2) is 8.78 Å². The Bertz CT molecular complexity index is 864. The summed E-state index contributed by atoms with van der Waals surface area (Å²) in [6, 6.07) is 6.15. The summed E-state index contributed by atoms with van der Waals surface area (Å²) in [6.07, 6.45) is -4.17. The number of halogens is 5. The van der Waals surface area contributed by atoms with Gasteiger partial charge in [0, 0.05) is 24.4 Å². The molecule has 0 aliphatic carbocycles. The van der Waals surface area contributed by atoms with Gasteiger partial charge in [-0.1, -0.05) is 12.1 Å². The summed E-state index contributed by atoms with van der Waals surface area (Å²) in [7, 11) is 0.